The molecule has 1 aromatic rings. The lowest BCUT2D eigenvalue weighted by molar-refractivity contribution is 0.152. The number of halogens is 1. The van der Waals surface area contributed by atoms with Crippen molar-refractivity contribution in [3.63, 3.8) is 0 Å². The zero-order valence-electron chi connectivity index (χ0n) is 11.9. The Morgan fingerprint density at radius 3 is 2.95 bits per heavy atom. The van der Waals surface area contributed by atoms with Crippen LogP contribution < -0.4 is 5.32 Å². The number of benzene rings is 1. The van der Waals surface area contributed by atoms with Crippen LogP contribution in [0.15, 0.2) is 22.7 Å². The molecule has 1 aliphatic carbocycles. The van der Waals surface area contributed by atoms with Gasteiger partial charge in [0, 0.05) is 22.6 Å². The van der Waals surface area contributed by atoms with Gasteiger partial charge in [-0.05, 0) is 74.9 Å². The highest BCUT2D eigenvalue weighted by molar-refractivity contribution is 9.10. The van der Waals surface area contributed by atoms with E-state index in [2.05, 4.69) is 44.3 Å². The standard InChI is InChI=1S/C17H23BrN2/c18-13-6-7-14-12(11-13)5-8-16(14)20-10-2-4-17(20)15-3-1-9-19-15/h6-7,11,15-17,19H,1-5,8-10H2. The topological polar surface area (TPSA) is 15.3 Å². The van der Waals surface area contributed by atoms with Gasteiger partial charge in [-0.25, -0.2) is 0 Å². The van der Waals surface area contributed by atoms with Crippen LogP contribution in [0.3, 0.4) is 0 Å². The fraction of sp³-hybridized carbons (Fsp3) is 0.647. The zero-order chi connectivity index (χ0) is 13.5. The Morgan fingerprint density at radius 2 is 2.10 bits per heavy atom. The number of nitrogens with zero attached hydrogens (tertiary/aromatic N) is 1. The Hall–Kier alpha value is -0.380. The molecule has 2 saturated heterocycles. The first-order valence-electron chi connectivity index (χ1n) is 8.10. The molecule has 0 radical (unpaired) electrons. The molecule has 3 unspecified atom stereocenters. The van der Waals surface area contributed by atoms with Crippen LogP contribution >= 0.6 is 15.9 Å². The molecule has 2 aliphatic heterocycles. The lowest BCUT2D eigenvalue weighted by Crippen LogP contribution is -2.45. The molecule has 4 rings (SSSR count). The Morgan fingerprint density at radius 1 is 1.15 bits per heavy atom. The van der Waals surface area contributed by atoms with Gasteiger partial charge >= 0.3 is 0 Å². The van der Waals surface area contributed by atoms with Gasteiger partial charge < -0.3 is 5.32 Å². The molecule has 0 aromatic heterocycles. The number of hydrogen-bond acceptors (Lipinski definition) is 2. The summed E-state index contributed by atoms with van der Waals surface area (Å²) in [6.45, 7) is 2.52. The highest BCUT2D eigenvalue weighted by Crippen LogP contribution is 2.41. The first-order chi connectivity index (χ1) is 9.83. The summed E-state index contributed by atoms with van der Waals surface area (Å²) in [5.74, 6) is 0. The van der Waals surface area contributed by atoms with Gasteiger partial charge in [0.1, 0.15) is 0 Å². The number of fused-ring (bicyclic) bond motifs is 1. The van der Waals surface area contributed by atoms with Crippen molar-refractivity contribution >= 4 is 15.9 Å². The Kier molecular flexibility index (Phi) is 3.61. The van der Waals surface area contributed by atoms with Crippen LogP contribution in [0.2, 0.25) is 0 Å². The van der Waals surface area contributed by atoms with Gasteiger partial charge in [-0.3, -0.25) is 4.90 Å². The summed E-state index contributed by atoms with van der Waals surface area (Å²) in [4.78, 5) is 2.82. The fourth-order valence-electron chi connectivity index (χ4n) is 4.58. The normalized spacial score (nSPS) is 33.8. The molecule has 2 nitrogen and oxygen atoms in total. The van der Waals surface area contributed by atoms with Crippen molar-refractivity contribution in [3.8, 4) is 0 Å². The Labute approximate surface area is 130 Å². The molecule has 3 atom stereocenters. The molecule has 1 N–H and O–H groups in total. The first kappa shape index (κ1) is 13.3. The number of likely N-dealkylation sites (tertiary alicyclic amines) is 1. The van der Waals surface area contributed by atoms with Crippen LogP contribution in [-0.4, -0.2) is 30.1 Å². The quantitative estimate of drug-likeness (QED) is 0.887. The summed E-state index contributed by atoms with van der Waals surface area (Å²) < 4.78 is 1.23. The number of aryl methyl sites for hydroxylation is 1. The summed E-state index contributed by atoms with van der Waals surface area (Å²) in [6.07, 6.45) is 8.07. The third-order valence-electron chi connectivity index (χ3n) is 5.46. The monoisotopic (exact) mass is 334 g/mol. The zero-order valence-corrected chi connectivity index (χ0v) is 13.5. The third kappa shape index (κ3) is 2.24. The molecule has 20 heavy (non-hydrogen) atoms. The van der Waals surface area contributed by atoms with Gasteiger partial charge in [0.15, 0.2) is 0 Å². The van der Waals surface area contributed by atoms with E-state index in [1.807, 2.05) is 0 Å². The fourth-order valence-corrected chi connectivity index (χ4v) is 4.99. The van der Waals surface area contributed by atoms with Crippen molar-refractivity contribution < 1.29 is 0 Å². The lowest BCUT2D eigenvalue weighted by Gasteiger charge is -2.34. The van der Waals surface area contributed by atoms with E-state index >= 15 is 0 Å². The smallest absolute Gasteiger partial charge is 0.0357 e. The molecule has 2 fully saturated rings. The second-order valence-electron chi connectivity index (χ2n) is 6.55. The average molecular weight is 335 g/mol. The van der Waals surface area contributed by atoms with E-state index in [4.69, 9.17) is 0 Å². The minimum Gasteiger partial charge on any atom is -0.312 e. The van der Waals surface area contributed by atoms with Gasteiger partial charge in [-0.15, -0.1) is 0 Å². The maximum absolute atomic E-state index is 3.74. The van der Waals surface area contributed by atoms with Crippen LogP contribution in [0.5, 0.6) is 0 Å². The second-order valence-corrected chi connectivity index (χ2v) is 7.46. The number of rotatable bonds is 2. The van der Waals surface area contributed by atoms with Crippen molar-refractivity contribution in [2.75, 3.05) is 13.1 Å². The van der Waals surface area contributed by atoms with Crippen LogP contribution in [0.25, 0.3) is 0 Å². The highest BCUT2D eigenvalue weighted by Gasteiger charge is 2.39. The summed E-state index contributed by atoms with van der Waals surface area (Å²) in [6, 6.07) is 9.10. The van der Waals surface area contributed by atoms with E-state index < -0.39 is 0 Å². The van der Waals surface area contributed by atoms with Gasteiger partial charge in [-0.1, -0.05) is 22.0 Å². The van der Waals surface area contributed by atoms with E-state index in [1.165, 1.54) is 56.1 Å². The molecule has 0 bridgehead atoms. The van der Waals surface area contributed by atoms with Gasteiger partial charge in [0.2, 0.25) is 0 Å². The first-order valence-corrected chi connectivity index (χ1v) is 8.90. The summed E-state index contributed by atoms with van der Waals surface area (Å²) in [7, 11) is 0. The van der Waals surface area contributed by atoms with E-state index in [9.17, 15) is 0 Å². The Balaban J connectivity index is 1.59. The molecule has 0 amide bonds. The van der Waals surface area contributed by atoms with Gasteiger partial charge in [0.25, 0.3) is 0 Å². The predicted molar refractivity (Wildman–Crippen MR) is 86.0 cm³/mol. The van der Waals surface area contributed by atoms with Gasteiger partial charge in [0.05, 0.1) is 0 Å². The number of nitrogens with one attached hydrogen (secondary N) is 1. The molecule has 1 aromatic carbocycles. The van der Waals surface area contributed by atoms with E-state index in [1.54, 1.807) is 11.1 Å². The average Bonchev–Trinajstić information content (AvgIpc) is 3.17. The molecular formula is C17H23BrN2. The highest BCUT2D eigenvalue weighted by atomic mass is 79.9. The predicted octanol–water partition coefficient (Wildman–Crippen LogP) is 3.65. The second kappa shape index (κ2) is 5.43. The summed E-state index contributed by atoms with van der Waals surface area (Å²) in [5.41, 5.74) is 3.16. The van der Waals surface area contributed by atoms with Crippen LogP contribution in [0, 0.1) is 0 Å². The van der Waals surface area contributed by atoms with E-state index in [-0.39, 0.29) is 0 Å². The molecule has 108 valence electrons. The maximum Gasteiger partial charge on any atom is 0.0357 e. The lowest BCUT2D eigenvalue weighted by atomic mass is 10.0. The van der Waals surface area contributed by atoms with Crippen molar-refractivity contribution in [1.29, 1.82) is 0 Å². The molecular weight excluding hydrogens is 312 g/mol. The van der Waals surface area contributed by atoms with Crippen molar-refractivity contribution in [1.82, 2.24) is 10.2 Å². The minimum atomic E-state index is 0.674. The van der Waals surface area contributed by atoms with Crippen LogP contribution in [0.4, 0.5) is 0 Å². The molecule has 0 spiro atoms. The molecule has 3 aliphatic rings. The maximum atomic E-state index is 3.74. The van der Waals surface area contributed by atoms with Crippen molar-refractivity contribution in [2.45, 2.75) is 56.7 Å². The van der Waals surface area contributed by atoms with Crippen molar-refractivity contribution in [2.24, 2.45) is 0 Å². The molecule has 3 heteroatoms. The van der Waals surface area contributed by atoms with Crippen molar-refractivity contribution in [3.05, 3.63) is 33.8 Å². The van der Waals surface area contributed by atoms with E-state index in [0.29, 0.717) is 6.04 Å². The molecule has 2 heterocycles. The third-order valence-corrected chi connectivity index (χ3v) is 5.95. The Bertz CT molecular complexity index is 496. The van der Waals surface area contributed by atoms with Crippen LogP contribution in [0.1, 0.15) is 49.3 Å². The number of hydrogen-bond donors (Lipinski definition) is 1. The SMILES string of the molecule is Brc1ccc2c(c1)CCC2N1CCCC1C1CCCN1. The van der Waals surface area contributed by atoms with E-state index in [0.717, 1.165) is 12.1 Å². The summed E-state index contributed by atoms with van der Waals surface area (Å²) in [5, 5.41) is 3.74. The minimum absolute atomic E-state index is 0.674. The largest absolute Gasteiger partial charge is 0.312 e. The summed E-state index contributed by atoms with van der Waals surface area (Å²) >= 11 is 3.61. The van der Waals surface area contributed by atoms with Crippen LogP contribution in [-0.2, 0) is 6.42 Å². The molecule has 0 saturated carbocycles. The van der Waals surface area contributed by atoms with Gasteiger partial charge in [-0.2, -0.15) is 0 Å².